The monoisotopic (exact) mass is 358 g/mol. The first-order chi connectivity index (χ1) is 12.2. The fourth-order valence-electron chi connectivity index (χ4n) is 2.49. The highest BCUT2D eigenvalue weighted by Crippen LogP contribution is 2.30. The third-order valence-electron chi connectivity index (χ3n) is 4.33. The highest BCUT2D eigenvalue weighted by molar-refractivity contribution is 7.09. The summed E-state index contributed by atoms with van der Waals surface area (Å²) < 4.78 is 6.04. The van der Waals surface area contributed by atoms with Gasteiger partial charge in [0, 0.05) is 24.0 Å². The molecule has 1 fully saturated rings. The second-order valence-corrected chi connectivity index (χ2v) is 7.45. The third kappa shape index (κ3) is 5.19. The number of aryl methyl sites for hydroxylation is 2. The van der Waals surface area contributed by atoms with Crippen LogP contribution in [0.2, 0.25) is 0 Å². The Labute approximate surface area is 153 Å². The molecule has 0 radical (unpaired) electrons. The van der Waals surface area contributed by atoms with Crippen molar-refractivity contribution in [3.05, 3.63) is 45.4 Å². The molecule has 1 aromatic carbocycles. The number of aliphatic imine (C=N–C) groups is 1. The fourth-order valence-corrected chi connectivity index (χ4v) is 3.21. The first-order valence-corrected chi connectivity index (χ1v) is 9.59. The summed E-state index contributed by atoms with van der Waals surface area (Å²) >= 11 is 1.66. The van der Waals surface area contributed by atoms with Crippen molar-refractivity contribution >= 4 is 17.3 Å². The van der Waals surface area contributed by atoms with Crippen molar-refractivity contribution in [3.8, 4) is 5.75 Å². The van der Waals surface area contributed by atoms with E-state index >= 15 is 0 Å². The molecule has 134 valence electrons. The molecule has 0 atom stereocenters. The standard InChI is InChI=1S/C19H26N4OS/c1-13-4-7-16(17(8-13)24-11-15-5-6-15)9-21-19(20-3)22-10-18-14(2)23-12-25-18/h4,7-8,12,15H,5-6,9-11H2,1-3H3,(H2,20,21,22). The molecular weight excluding hydrogens is 332 g/mol. The first-order valence-electron chi connectivity index (χ1n) is 8.71. The molecule has 6 heteroatoms. The van der Waals surface area contributed by atoms with E-state index in [0.29, 0.717) is 6.54 Å². The molecule has 1 saturated carbocycles. The Morgan fingerprint density at radius 3 is 2.76 bits per heavy atom. The molecule has 0 saturated heterocycles. The van der Waals surface area contributed by atoms with Crippen LogP contribution in [0.3, 0.4) is 0 Å². The zero-order valence-electron chi connectivity index (χ0n) is 15.1. The molecule has 1 aliphatic carbocycles. The molecule has 0 aliphatic heterocycles. The Morgan fingerprint density at radius 2 is 2.08 bits per heavy atom. The van der Waals surface area contributed by atoms with Gasteiger partial charge >= 0.3 is 0 Å². The number of hydrogen-bond acceptors (Lipinski definition) is 4. The molecule has 0 amide bonds. The fraction of sp³-hybridized carbons (Fsp3) is 0.474. The highest BCUT2D eigenvalue weighted by Gasteiger charge is 2.22. The molecule has 5 nitrogen and oxygen atoms in total. The number of aromatic nitrogens is 1. The molecule has 2 aromatic rings. The molecule has 1 aliphatic rings. The zero-order chi connectivity index (χ0) is 17.6. The van der Waals surface area contributed by atoms with Crippen LogP contribution >= 0.6 is 11.3 Å². The van der Waals surface area contributed by atoms with E-state index < -0.39 is 0 Å². The Morgan fingerprint density at radius 1 is 1.28 bits per heavy atom. The lowest BCUT2D eigenvalue weighted by atomic mass is 10.1. The van der Waals surface area contributed by atoms with Crippen molar-refractivity contribution < 1.29 is 4.74 Å². The van der Waals surface area contributed by atoms with Crippen LogP contribution in [-0.4, -0.2) is 24.6 Å². The summed E-state index contributed by atoms with van der Waals surface area (Å²) in [4.78, 5) is 9.81. The van der Waals surface area contributed by atoms with Gasteiger partial charge in [0.05, 0.1) is 24.4 Å². The smallest absolute Gasteiger partial charge is 0.191 e. The van der Waals surface area contributed by atoms with Crippen molar-refractivity contribution in [1.82, 2.24) is 15.6 Å². The molecule has 2 N–H and O–H groups in total. The Kier molecular flexibility index (Phi) is 5.91. The summed E-state index contributed by atoms with van der Waals surface area (Å²) in [5.41, 5.74) is 5.32. The number of nitrogens with one attached hydrogen (secondary N) is 2. The van der Waals surface area contributed by atoms with Crippen molar-refractivity contribution in [3.63, 3.8) is 0 Å². The van der Waals surface area contributed by atoms with E-state index in [4.69, 9.17) is 4.74 Å². The molecule has 0 spiro atoms. The topological polar surface area (TPSA) is 58.5 Å². The van der Waals surface area contributed by atoms with E-state index in [-0.39, 0.29) is 0 Å². The van der Waals surface area contributed by atoms with Crippen molar-refractivity contribution in [1.29, 1.82) is 0 Å². The summed E-state index contributed by atoms with van der Waals surface area (Å²) in [6.45, 7) is 6.36. The number of rotatable bonds is 7. The molecule has 1 heterocycles. The largest absolute Gasteiger partial charge is 0.493 e. The van der Waals surface area contributed by atoms with E-state index in [2.05, 4.69) is 45.7 Å². The van der Waals surface area contributed by atoms with Crippen LogP contribution < -0.4 is 15.4 Å². The van der Waals surface area contributed by atoms with E-state index in [9.17, 15) is 0 Å². The molecule has 0 unspecified atom stereocenters. The Balaban J connectivity index is 1.56. The van der Waals surface area contributed by atoms with Crippen molar-refractivity contribution in [2.75, 3.05) is 13.7 Å². The number of hydrogen-bond donors (Lipinski definition) is 2. The minimum Gasteiger partial charge on any atom is -0.493 e. The second-order valence-electron chi connectivity index (χ2n) is 6.51. The van der Waals surface area contributed by atoms with Gasteiger partial charge < -0.3 is 15.4 Å². The summed E-state index contributed by atoms with van der Waals surface area (Å²) in [6, 6.07) is 6.37. The first kappa shape index (κ1) is 17.7. The van der Waals surface area contributed by atoms with Gasteiger partial charge in [0.1, 0.15) is 5.75 Å². The van der Waals surface area contributed by atoms with Crippen LogP contribution in [0, 0.1) is 19.8 Å². The van der Waals surface area contributed by atoms with E-state index in [0.717, 1.165) is 42.0 Å². The molecular formula is C19H26N4OS. The zero-order valence-corrected chi connectivity index (χ0v) is 15.9. The predicted octanol–water partition coefficient (Wildman–Crippen LogP) is 3.41. The van der Waals surface area contributed by atoms with E-state index in [1.165, 1.54) is 23.3 Å². The molecule has 3 rings (SSSR count). The predicted molar refractivity (Wildman–Crippen MR) is 103 cm³/mol. The summed E-state index contributed by atoms with van der Waals surface area (Å²) in [5.74, 6) is 2.51. The van der Waals surface area contributed by atoms with Gasteiger partial charge in [-0.2, -0.15) is 0 Å². The van der Waals surface area contributed by atoms with Crippen LogP contribution in [0.25, 0.3) is 0 Å². The van der Waals surface area contributed by atoms with Crippen LogP contribution in [0.4, 0.5) is 0 Å². The second kappa shape index (κ2) is 8.34. The lowest BCUT2D eigenvalue weighted by Gasteiger charge is -2.15. The van der Waals surface area contributed by atoms with Gasteiger partial charge in [0.15, 0.2) is 5.96 Å². The Bertz CT molecular complexity index is 737. The van der Waals surface area contributed by atoms with Crippen LogP contribution in [-0.2, 0) is 13.1 Å². The van der Waals surface area contributed by atoms with E-state index in [1.807, 2.05) is 12.4 Å². The van der Waals surface area contributed by atoms with E-state index in [1.54, 1.807) is 18.4 Å². The average molecular weight is 359 g/mol. The van der Waals surface area contributed by atoms with Gasteiger partial charge in [-0.3, -0.25) is 4.99 Å². The summed E-state index contributed by atoms with van der Waals surface area (Å²) in [7, 11) is 1.79. The number of thiazole rings is 1. The van der Waals surface area contributed by atoms with Crippen molar-refractivity contribution in [2.45, 2.75) is 39.8 Å². The third-order valence-corrected chi connectivity index (χ3v) is 5.26. The highest BCUT2D eigenvalue weighted by atomic mass is 32.1. The summed E-state index contributed by atoms with van der Waals surface area (Å²) in [5, 5.41) is 6.72. The van der Waals surface area contributed by atoms with Crippen LogP contribution in [0.15, 0.2) is 28.7 Å². The Hall–Kier alpha value is -2.08. The van der Waals surface area contributed by atoms with Gasteiger partial charge in [-0.15, -0.1) is 11.3 Å². The summed E-state index contributed by atoms with van der Waals surface area (Å²) in [6.07, 6.45) is 2.60. The SMILES string of the molecule is CN=C(NCc1ccc(C)cc1OCC1CC1)NCc1scnc1C. The number of nitrogens with zero attached hydrogens (tertiary/aromatic N) is 2. The van der Waals surface area contributed by atoms with Gasteiger partial charge in [-0.25, -0.2) is 4.98 Å². The lowest BCUT2D eigenvalue weighted by molar-refractivity contribution is 0.296. The lowest BCUT2D eigenvalue weighted by Crippen LogP contribution is -2.36. The maximum Gasteiger partial charge on any atom is 0.191 e. The maximum absolute atomic E-state index is 6.04. The quantitative estimate of drug-likeness (QED) is 0.588. The molecule has 1 aromatic heterocycles. The van der Waals surface area contributed by atoms with Gasteiger partial charge in [0.2, 0.25) is 0 Å². The van der Waals surface area contributed by atoms with Gasteiger partial charge in [0.25, 0.3) is 0 Å². The number of ether oxygens (including phenoxy) is 1. The molecule has 25 heavy (non-hydrogen) atoms. The average Bonchev–Trinajstić information content (AvgIpc) is 3.35. The molecule has 0 bridgehead atoms. The minimum atomic E-state index is 0.682. The normalized spacial score (nSPS) is 14.4. The minimum absolute atomic E-state index is 0.682. The van der Waals surface area contributed by atoms with Crippen LogP contribution in [0.5, 0.6) is 5.75 Å². The number of guanidine groups is 1. The van der Waals surface area contributed by atoms with Crippen LogP contribution in [0.1, 0.15) is 34.5 Å². The number of benzene rings is 1. The van der Waals surface area contributed by atoms with Gasteiger partial charge in [-0.1, -0.05) is 12.1 Å². The maximum atomic E-state index is 6.04. The van der Waals surface area contributed by atoms with Crippen molar-refractivity contribution in [2.24, 2.45) is 10.9 Å². The van der Waals surface area contributed by atoms with Gasteiger partial charge in [-0.05, 0) is 44.2 Å².